The molecular formula is C24H22N4O6. The van der Waals surface area contributed by atoms with Gasteiger partial charge < -0.3 is 10.6 Å². The average Bonchev–Trinajstić information content (AvgIpc) is 2.82. The number of amides is 2. The molecule has 3 aromatic carbocycles. The van der Waals surface area contributed by atoms with Gasteiger partial charge in [0.05, 0.1) is 22.7 Å². The number of non-ortho nitro benzene ring substituents is 2. The SMILES string of the molecule is O=C(Cc1ccc([N+](=O)[O-])cc1)NCc1cccc(CNC(=O)Cc2ccc([N+](=O)[O-])cc2)c1. The zero-order valence-corrected chi connectivity index (χ0v) is 18.1. The monoisotopic (exact) mass is 462 g/mol. The molecular weight excluding hydrogens is 440 g/mol. The van der Waals surface area contributed by atoms with E-state index in [0.717, 1.165) is 11.1 Å². The van der Waals surface area contributed by atoms with Gasteiger partial charge in [0.1, 0.15) is 0 Å². The van der Waals surface area contributed by atoms with Crippen molar-refractivity contribution >= 4 is 23.2 Å². The van der Waals surface area contributed by atoms with Crippen molar-refractivity contribution in [2.24, 2.45) is 0 Å². The highest BCUT2D eigenvalue weighted by Gasteiger charge is 2.09. The number of nitro groups is 2. The van der Waals surface area contributed by atoms with Crippen molar-refractivity contribution in [1.82, 2.24) is 10.6 Å². The number of nitro benzene ring substituents is 2. The fraction of sp³-hybridized carbons (Fsp3) is 0.167. The summed E-state index contributed by atoms with van der Waals surface area (Å²) in [7, 11) is 0. The van der Waals surface area contributed by atoms with Gasteiger partial charge in [0, 0.05) is 37.4 Å². The summed E-state index contributed by atoms with van der Waals surface area (Å²) in [4.78, 5) is 44.8. The van der Waals surface area contributed by atoms with Crippen LogP contribution in [0.25, 0.3) is 0 Å². The van der Waals surface area contributed by atoms with E-state index in [1.807, 2.05) is 24.3 Å². The Morgan fingerprint density at radius 3 is 1.35 bits per heavy atom. The summed E-state index contributed by atoms with van der Waals surface area (Å²) >= 11 is 0. The molecule has 0 aromatic heterocycles. The molecule has 0 aliphatic rings. The number of nitrogens with zero attached hydrogens (tertiary/aromatic N) is 2. The number of carbonyl (C=O) groups is 2. The van der Waals surface area contributed by atoms with Crippen LogP contribution in [0.1, 0.15) is 22.3 Å². The molecule has 0 fully saturated rings. The number of hydrogen-bond donors (Lipinski definition) is 2. The lowest BCUT2D eigenvalue weighted by molar-refractivity contribution is -0.385. The zero-order valence-electron chi connectivity index (χ0n) is 18.1. The van der Waals surface area contributed by atoms with Crippen LogP contribution in [-0.2, 0) is 35.5 Å². The van der Waals surface area contributed by atoms with Gasteiger partial charge in [0.2, 0.25) is 11.8 Å². The Morgan fingerprint density at radius 2 is 1.00 bits per heavy atom. The van der Waals surface area contributed by atoms with E-state index in [4.69, 9.17) is 0 Å². The molecule has 0 atom stereocenters. The van der Waals surface area contributed by atoms with Crippen molar-refractivity contribution in [3.63, 3.8) is 0 Å². The molecule has 10 nitrogen and oxygen atoms in total. The van der Waals surface area contributed by atoms with Crippen molar-refractivity contribution in [2.45, 2.75) is 25.9 Å². The van der Waals surface area contributed by atoms with E-state index in [1.54, 1.807) is 24.3 Å². The van der Waals surface area contributed by atoms with Gasteiger partial charge in [-0.25, -0.2) is 0 Å². The number of hydrogen-bond acceptors (Lipinski definition) is 6. The minimum atomic E-state index is -0.491. The first-order chi connectivity index (χ1) is 16.3. The molecule has 0 aliphatic carbocycles. The topological polar surface area (TPSA) is 144 Å². The zero-order chi connectivity index (χ0) is 24.5. The van der Waals surface area contributed by atoms with E-state index in [-0.39, 0.29) is 36.0 Å². The third-order valence-corrected chi connectivity index (χ3v) is 4.99. The maximum Gasteiger partial charge on any atom is 0.269 e. The molecule has 174 valence electrons. The molecule has 0 bridgehead atoms. The fourth-order valence-corrected chi connectivity index (χ4v) is 3.22. The first-order valence-corrected chi connectivity index (χ1v) is 10.4. The van der Waals surface area contributed by atoms with Crippen LogP contribution in [0, 0.1) is 20.2 Å². The molecule has 0 unspecified atom stereocenters. The first-order valence-electron chi connectivity index (χ1n) is 10.4. The Bertz CT molecular complexity index is 1100. The normalized spacial score (nSPS) is 10.4. The molecule has 0 saturated heterocycles. The summed E-state index contributed by atoms with van der Waals surface area (Å²) in [6, 6.07) is 19.1. The summed E-state index contributed by atoms with van der Waals surface area (Å²) < 4.78 is 0. The third kappa shape index (κ3) is 7.23. The Hall–Kier alpha value is -4.60. The Labute approximate surface area is 194 Å². The Balaban J connectivity index is 1.45. The minimum Gasteiger partial charge on any atom is -0.352 e. The van der Waals surface area contributed by atoms with Gasteiger partial charge in [0.25, 0.3) is 11.4 Å². The second-order valence-corrected chi connectivity index (χ2v) is 7.57. The molecule has 2 amide bonds. The molecule has 0 heterocycles. The predicted octanol–water partition coefficient (Wildman–Crippen LogP) is 3.22. The molecule has 2 N–H and O–H groups in total. The Morgan fingerprint density at radius 1 is 0.618 bits per heavy atom. The lowest BCUT2D eigenvalue weighted by Crippen LogP contribution is -2.25. The summed E-state index contributed by atoms with van der Waals surface area (Å²) in [5, 5.41) is 27.0. The van der Waals surface area contributed by atoms with Gasteiger partial charge in [0.15, 0.2) is 0 Å². The van der Waals surface area contributed by atoms with E-state index in [0.29, 0.717) is 24.2 Å². The summed E-state index contributed by atoms with van der Waals surface area (Å²) in [6.07, 6.45) is 0.215. The van der Waals surface area contributed by atoms with Crippen LogP contribution in [0.3, 0.4) is 0 Å². The van der Waals surface area contributed by atoms with E-state index in [1.165, 1.54) is 24.3 Å². The number of benzene rings is 3. The molecule has 0 spiro atoms. The molecule has 3 aromatic rings. The molecule has 3 rings (SSSR count). The van der Waals surface area contributed by atoms with Crippen LogP contribution in [-0.4, -0.2) is 21.7 Å². The van der Waals surface area contributed by atoms with Crippen LogP contribution in [0.2, 0.25) is 0 Å². The van der Waals surface area contributed by atoms with Crippen LogP contribution >= 0.6 is 0 Å². The molecule has 0 radical (unpaired) electrons. The lowest BCUT2D eigenvalue weighted by atomic mass is 10.1. The number of carbonyl (C=O) groups excluding carboxylic acids is 2. The van der Waals surface area contributed by atoms with Crippen molar-refractivity contribution < 1.29 is 19.4 Å². The van der Waals surface area contributed by atoms with E-state index >= 15 is 0 Å². The first kappa shape index (κ1) is 24.1. The van der Waals surface area contributed by atoms with Crippen molar-refractivity contribution in [2.75, 3.05) is 0 Å². The molecule has 0 aliphatic heterocycles. The van der Waals surface area contributed by atoms with Crippen molar-refractivity contribution in [3.8, 4) is 0 Å². The quantitative estimate of drug-likeness (QED) is 0.350. The summed E-state index contributed by atoms with van der Waals surface area (Å²) in [5.41, 5.74) is 3.01. The highest BCUT2D eigenvalue weighted by molar-refractivity contribution is 5.79. The number of nitrogens with one attached hydrogen (secondary N) is 2. The van der Waals surface area contributed by atoms with Gasteiger partial charge in [-0.2, -0.15) is 0 Å². The highest BCUT2D eigenvalue weighted by Crippen LogP contribution is 2.13. The predicted molar refractivity (Wildman–Crippen MR) is 124 cm³/mol. The van der Waals surface area contributed by atoms with Gasteiger partial charge in [-0.05, 0) is 22.3 Å². The molecule has 10 heteroatoms. The largest absolute Gasteiger partial charge is 0.352 e. The number of rotatable bonds is 10. The third-order valence-electron chi connectivity index (χ3n) is 4.99. The second-order valence-electron chi connectivity index (χ2n) is 7.57. The van der Waals surface area contributed by atoms with Gasteiger partial charge >= 0.3 is 0 Å². The summed E-state index contributed by atoms with van der Waals surface area (Å²) in [5.74, 6) is -0.425. The van der Waals surface area contributed by atoms with Crippen LogP contribution in [0.15, 0.2) is 72.8 Å². The molecule has 0 saturated carbocycles. The smallest absolute Gasteiger partial charge is 0.269 e. The lowest BCUT2D eigenvalue weighted by Gasteiger charge is -2.09. The van der Waals surface area contributed by atoms with Gasteiger partial charge in [-0.1, -0.05) is 48.5 Å². The fourth-order valence-electron chi connectivity index (χ4n) is 3.22. The average molecular weight is 462 g/mol. The molecule has 34 heavy (non-hydrogen) atoms. The standard InChI is InChI=1S/C24H22N4O6/c29-23(13-17-4-8-21(9-5-17)27(31)32)25-15-19-2-1-3-20(12-19)16-26-24(30)14-18-6-10-22(11-7-18)28(33)34/h1-12H,13-16H2,(H,25,29)(H,26,30). The second kappa shape index (κ2) is 11.3. The van der Waals surface area contributed by atoms with E-state index in [9.17, 15) is 29.8 Å². The van der Waals surface area contributed by atoms with Gasteiger partial charge in [-0.3, -0.25) is 29.8 Å². The van der Waals surface area contributed by atoms with E-state index in [2.05, 4.69) is 10.6 Å². The maximum atomic E-state index is 12.2. The van der Waals surface area contributed by atoms with Gasteiger partial charge in [-0.15, -0.1) is 0 Å². The Kier molecular flexibility index (Phi) is 8.01. The van der Waals surface area contributed by atoms with Crippen LogP contribution in [0.4, 0.5) is 11.4 Å². The van der Waals surface area contributed by atoms with Crippen molar-refractivity contribution in [1.29, 1.82) is 0 Å². The minimum absolute atomic E-state index is 0.0270. The maximum absolute atomic E-state index is 12.2. The van der Waals surface area contributed by atoms with E-state index < -0.39 is 9.85 Å². The van der Waals surface area contributed by atoms with Crippen LogP contribution in [0.5, 0.6) is 0 Å². The summed E-state index contributed by atoms with van der Waals surface area (Å²) in [6.45, 7) is 0.604. The van der Waals surface area contributed by atoms with Crippen molar-refractivity contribution in [3.05, 3.63) is 115 Å². The highest BCUT2D eigenvalue weighted by atomic mass is 16.6. The van der Waals surface area contributed by atoms with Crippen LogP contribution < -0.4 is 10.6 Å².